The highest BCUT2D eigenvalue weighted by molar-refractivity contribution is 6.00. The lowest BCUT2D eigenvalue weighted by atomic mass is 10.2. The van der Waals surface area contributed by atoms with Gasteiger partial charge in [0, 0.05) is 17.8 Å². The molecule has 3 amide bonds. The summed E-state index contributed by atoms with van der Waals surface area (Å²) >= 11 is 0. The van der Waals surface area contributed by atoms with Crippen molar-refractivity contribution in [2.24, 2.45) is 0 Å². The molecular formula is C18H18FN3O3. The second kappa shape index (κ2) is 8.58. The highest BCUT2D eigenvalue weighted by Gasteiger charge is 2.12. The van der Waals surface area contributed by atoms with Crippen LogP contribution in [0.2, 0.25) is 0 Å². The Morgan fingerprint density at radius 1 is 0.960 bits per heavy atom. The zero-order valence-corrected chi connectivity index (χ0v) is 13.6. The first-order valence-electron chi connectivity index (χ1n) is 7.72. The monoisotopic (exact) mass is 343 g/mol. The molecule has 6 nitrogen and oxygen atoms in total. The summed E-state index contributed by atoms with van der Waals surface area (Å²) in [5.41, 5.74) is 0.706. The van der Waals surface area contributed by atoms with E-state index >= 15 is 0 Å². The first-order valence-corrected chi connectivity index (χ1v) is 7.72. The van der Waals surface area contributed by atoms with Crippen LogP contribution in [0, 0.1) is 5.82 Å². The summed E-state index contributed by atoms with van der Waals surface area (Å²) < 4.78 is 13.5. The average molecular weight is 343 g/mol. The predicted molar refractivity (Wildman–Crippen MR) is 91.8 cm³/mol. The third kappa shape index (κ3) is 5.13. The van der Waals surface area contributed by atoms with Gasteiger partial charge in [0.2, 0.25) is 5.91 Å². The molecule has 3 N–H and O–H groups in total. The first-order chi connectivity index (χ1) is 12.0. The van der Waals surface area contributed by atoms with Crippen molar-refractivity contribution < 1.29 is 18.8 Å². The van der Waals surface area contributed by atoms with E-state index in [9.17, 15) is 18.8 Å². The van der Waals surface area contributed by atoms with Gasteiger partial charge in [0.1, 0.15) is 5.82 Å². The second-order valence-electron chi connectivity index (χ2n) is 5.15. The molecule has 2 rings (SSSR count). The van der Waals surface area contributed by atoms with Crippen LogP contribution in [0.15, 0.2) is 48.5 Å². The lowest BCUT2D eigenvalue weighted by Gasteiger charge is -2.09. The molecule has 25 heavy (non-hydrogen) atoms. The van der Waals surface area contributed by atoms with Crippen molar-refractivity contribution in [2.45, 2.75) is 6.92 Å². The molecule has 0 heterocycles. The molecule has 0 aliphatic rings. The molecule has 7 heteroatoms. The molecule has 130 valence electrons. The number of halogens is 1. The normalized spacial score (nSPS) is 10.0. The van der Waals surface area contributed by atoms with Gasteiger partial charge in [-0.25, -0.2) is 4.39 Å². The highest BCUT2D eigenvalue weighted by atomic mass is 19.1. The molecule has 0 aromatic heterocycles. The number of rotatable bonds is 6. The van der Waals surface area contributed by atoms with Gasteiger partial charge in [0.05, 0.1) is 12.1 Å². The highest BCUT2D eigenvalue weighted by Crippen LogP contribution is 2.10. The number of amides is 3. The molecule has 0 atom stereocenters. The van der Waals surface area contributed by atoms with Gasteiger partial charge < -0.3 is 16.0 Å². The minimum atomic E-state index is -0.677. The van der Waals surface area contributed by atoms with Crippen LogP contribution in [-0.2, 0) is 4.79 Å². The Morgan fingerprint density at radius 2 is 1.72 bits per heavy atom. The van der Waals surface area contributed by atoms with Crippen molar-refractivity contribution in [3.05, 3.63) is 65.5 Å². The first kappa shape index (κ1) is 18.1. The molecule has 0 fully saturated rings. The zero-order valence-electron chi connectivity index (χ0n) is 13.6. The van der Waals surface area contributed by atoms with Crippen molar-refractivity contribution in [3.8, 4) is 0 Å². The molecule has 0 saturated carbocycles. The van der Waals surface area contributed by atoms with Gasteiger partial charge in [0.15, 0.2) is 0 Å². The molecule has 0 unspecified atom stereocenters. The van der Waals surface area contributed by atoms with E-state index in [0.29, 0.717) is 17.8 Å². The Morgan fingerprint density at radius 3 is 2.44 bits per heavy atom. The summed E-state index contributed by atoms with van der Waals surface area (Å²) in [6.07, 6.45) is 0. The van der Waals surface area contributed by atoms with Crippen LogP contribution >= 0.6 is 0 Å². The lowest BCUT2D eigenvalue weighted by molar-refractivity contribution is -0.115. The van der Waals surface area contributed by atoms with Gasteiger partial charge in [-0.2, -0.15) is 0 Å². The van der Waals surface area contributed by atoms with Crippen molar-refractivity contribution in [1.82, 2.24) is 10.6 Å². The van der Waals surface area contributed by atoms with Crippen LogP contribution in [0.5, 0.6) is 0 Å². The standard InChI is InChI=1S/C18H18FN3O3/c1-2-20-17(24)12-6-5-7-13(10-12)22-16(23)11-21-18(25)14-8-3-4-9-15(14)19/h3-10H,2,11H2,1H3,(H,20,24)(H,21,25)(H,22,23). The van der Waals surface area contributed by atoms with Crippen LogP contribution in [0.1, 0.15) is 27.6 Å². The van der Waals surface area contributed by atoms with Gasteiger partial charge in [-0.1, -0.05) is 18.2 Å². The number of hydrogen-bond acceptors (Lipinski definition) is 3. The van der Waals surface area contributed by atoms with Crippen LogP contribution < -0.4 is 16.0 Å². The number of benzene rings is 2. The van der Waals surface area contributed by atoms with E-state index in [0.717, 1.165) is 0 Å². The minimum absolute atomic E-state index is 0.131. The molecule has 2 aromatic rings. The quantitative estimate of drug-likeness (QED) is 0.749. The maximum absolute atomic E-state index is 13.5. The Balaban J connectivity index is 1.92. The Hall–Kier alpha value is -3.22. The molecule has 0 aliphatic heterocycles. The fourth-order valence-electron chi connectivity index (χ4n) is 2.11. The summed E-state index contributed by atoms with van der Waals surface area (Å²) in [4.78, 5) is 35.5. The number of carbonyl (C=O) groups is 3. The fourth-order valence-corrected chi connectivity index (χ4v) is 2.11. The van der Waals surface area contributed by atoms with Gasteiger partial charge in [-0.05, 0) is 37.3 Å². The fraction of sp³-hybridized carbons (Fsp3) is 0.167. The van der Waals surface area contributed by atoms with E-state index in [2.05, 4.69) is 16.0 Å². The Labute approximate surface area is 144 Å². The molecule has 0 saturated heterocycles. The van der Waals surface area contributed by atoms with Crippen molar-refractivity contribution in [1.29, 1.82) is 0 Å². The number of anilines is 1. The Bertz CT molecular complexity index is 793. The van der Waals surface area contributed by atoms with Crippen LogP contribution in [0.3, 0.4) is 0 Å². The maximum atomic E-state index is 13.5. The van der Waals surface area contributed by atoms with Gasteiger partial charge in [-0.15, -0.1) is 0 Å². The summed E-state index contributed by atoms with van der Waals surface area (Å²) in [7, 11) is 0. The predicted octanol–water partition coefficient (Wildman–Crippen LogP) is 1.94. The Kier molecular flexibility index (Phi) is 6.22. The SMILES string of the molecule is CCNC(=O)c1cccc(NC(=O)CNC(=O)c2ccccc2F)c1. The molecule has 0 bridgehead atoms. The van der Waals surface area contributed by atoms with Crippen molar-refractivity contribution in [2.75, 3.05) is 18.4 Å². The summed E-state index contributed by atoms with van der Waals surface area (Å²) in [6, 6.07) is 11.9. The molecular weight excluding hydrogens is 325 g/mol. The van der Waals surface area contributed by atoms with E-state index < -0.39 is 17.6 Å². The molecule has 0 aliphatic carbocycles. The molecule has 0 spiro atoms. The van der Waals surface area contributed by atoms with Gasteiger partial charge in [-0.3, -0.25) is 14.4 Å². The average Bonchev–Trinajstić information content (AvgIpc) is 2.60. The summed E-state index contributed by atoms with van der Waals surface area (Å²) in [5.74, 6) is -2.07. The molecule has 0 radical (unpaired) electrons. The summed E-state index contributed by atoms with van der Waals surface area (Å²) in [5, 5.41) is 7.58. The zero-order chi connectivity index (χ0) is 18.2. The van der Waals surface area contributed by atoms with Gasteiger partial charge in [0.25, 0.3) is 11.8 Å². The minimum Gasteiger partial charge on any atom is -0.352 e. The van der Waals surface area contributed by atoms with E-state index in [1.165, 1.54) is 30.3 Å². The summed E-state index contributed by atoms with van der Waals surface area (Å²) in [6.45, 7) is 1.98. The van der Waals surface area contributed by atoms with E-state index in [1.807, 2.05) is 6.92 Å². The van der Waals surface area contributed by atoms with Crippen LogP contribution in [0.4, 0.5) is 10.1 Å². The van der Waals surface area contributed by atoms with Crippen LogP contribution in [0.25, 0.3) is 0 Å². The lowest BCUT2D eigenvalue weighted by Crippen LogP contribution is -2.33. The van der Waals surface area contributed by atoms with Gasteiger partial charge >= 0.3 is 0 Å². The molecule has 2 aromatic carbocycles. The van der Waals surface area contributed by atoms with E-state index in [1.54, 1.807) is 18.2 Å². The third-order valence-electron chi connectivity index (χ3n) is 3.27. The maximum Gasteiger partial charge on any atom is 0.254 e. The van der Waals surface area contributed by atoms with E-state index in [4.69, 9.17) is 0 Å². The van der Waals surface area contributed by atoms with Crippen molar-refractivity contribution >= 4 is 23.4 Å². The van der Waals surface area contributed by atoms with Crippen LogP contribution in [-0.4, -0.2) is 30.8 Å². The van der Waals surface area contributed by atoms with E-state index in [-0.39, 0.29) is 18.0 Å². The second-order valence-corrected chi connectivity index (χ2v) is 5.15. The van der Waals surface area contributed by atoms with Crippen molar-refractivity contribution in [3.63, 3.8) is 0 Å². The topological polar surface area (TPSA) is 87.3 Å². The smallest absolute Gasteiger partial charge is 0.254 e. The number of nitrogens with one attached hydrogen (secondary N) is 3. The third-order valence-corrected chi connectivity index (χ3v) is 3.27. The number of carbonyl (C=O) groups excluding carboxylic acids is 3. The largest absolute Gasteiger partial charge is 0.352 e. The number of hydrogen-bond donors (Lipinski definition) is 3.